The highest BCUT2D eigenvalue weighted by molar-refractivity contribution is 6.07. The standard InChI is InChI=1S/C26H25F2N3O3/c1-17-4-11-24(23(14-17)29-25(32)18-6-9-21(34-2)10-7-18)31-13-3-12-30(26(31)33)16-19-5-8-20(27)15-22(19)28/h4-11,14-15H,3,12-13,16H2,1-2H3,(H,29,32). The van der Waals surface area contributed by atoms with Crippen LogP contribution in [-0.4, -0.2) is 37.0 Å². The largest absolute Gasteiger partial charge is 0.497 e. The molecule has 0 spiro atoms. The Labute approximate surface area is 196 Å². The van der Waals surface area contributed by atoms with Gasteiger partial charge in [-0.2, -0.15) is 0 Å². The Kier molecular flexibility index (Phi) is 6.77. The van der Waals surface area contributed by atoms with Crippen LogP contribution < -0.4 is 15.0 Å². The number of carbonyl (C=O) groups is 2. The molecule has 3 amide bonds. The number of nitrogens with zero attached hydrogens (tertiary/aromatic N) is 2. The van der Waals surface area contributed by atoms with Crippen LogP contribution in [-0.2, 0) is 6.54 Å². The molecule has 1 saturated heterocycles. The Morgan fingerprint density at radius 3 is 2.50 bits per heavy atom. The van der Waals surface area contributed by atoms with Crippen LogP contribution in [0.3, 0.4) is 0 Å². The minimum absolute atomic E-state index is 0.0286. The van der Waals surface area contributed by atoms with Crippen molar-refractivity contribution in [2.75, 3.05) is 30.4 Å². The zero-order valence-corrected chi connectivity index (χ0v) is 19.0. The number of anilines is 2. The van der Waals surface area contributed by atoms with Crippen LogP contribution in [0.1, 0.15) is 27.9 Å². The number of hydrogen-bond donors (Lipinski definition) is 1. The maximum absolute atomic E-state index is 14.2. The van der Waals surface area contributed by atoms with E-state index in [9.17, 15) is 18.4 Å². The second-order valence-corrected chi connectivity index (χ2v) is 8.15. The number of hydrogen-bond acceptors (Lipinski definition) is 3. The summed E-state index contributed by atoms with van der Waals surface area (Å²) < 4.78 is 32.6. The smallest absolute Gasteiger partial charge is 0.324 e. The molecule has 8 heteroatoms. The molecule has 1 fully saturated rings. The molecule has 1 aliphatic heterocycles. The van der Waals surface area contributed by atoms with E-state index >= 15 is 0 Å². The van der Waals surface area contributed by atoms with Crippen molar-refractivity contribution in [1.29, 1.82) is 0 Å². The third kappa shape index (κ3) is 5.01. The molecule has 1 N–H and O–H groups in total. The molecule has 34 heavy (non-hydrogen) atoms. The van der Waals surface area contributed by atoms with E-state index in [1.807, 2.05) is 19.1 Å². The summed E-state index contributed by atoms with van der Waals surface area (Å²) >= 11 is 0. The zero-order valence-electron chi connectivity index (χ0n) is 19.0. The van der Waals surface area contributed by atoms with Gasteiger partial charge in [-0.3, -0.25) is 9.69 Å². The second-order valence-electron chi connectivity index (χ2n) is 8.15. The molecule has 4 rings (SSSR count). The molecule has 1 aliphatic rings. The molecular formula is C26H25F2N3O3. The van der Waals surface area contributed by atoms with Gasteiger partial charge in [0.15, 0.2) is 0 Å². The van der Waals surface area contributed by atoms with Gasteiger partial charge in [-0.25, -0.2) is 13.6 Å². The summed E-state index contributed by atoms with van der Waals surface area (Å²) in [6.45, 7) is 2.83. The number of methoxy groups -OCH3 is 1. The molecule has 176 valence electrons. The number of nitrogens with one attached hydrogen (secondary N) is 1. The van der Waals surface area contributed by atoms with Crippen molar-refractivity contribution in [1.82, 2.24) is 4.90 Å². The van der Waals surface area contributed by atoms with Gasteiger partial charge in [0.1, 0.15) is 17.4 Å². The summed E-state index contributed by atoms with van der Waals surface area (Å²) in [5.74, 6) is -1.02. The molecule has 0 bridgehead atoms. The third-order valence-electron chi connectivity index (χ3n) is 5.73. The van der Waals surface area contributed by atoms with Crippen LogP contribution in [0.2, 0.25) is 0 Å². The predicted molar refractivity (Wildman–Crippen MR) is 126 cm³/mol. The molecule has 1 heterocycles. The van der Waals surface area contributed by atoms with Gasteiger partial charge in [0, 0.05) is 30.3 Å². The lowest BCUT2D eigenvalue weighted by Gasteiger charge is -2.36. The van der Waals surface area contributed by atoms with E-state index in [1.54, 1.807) is 42.3 Å². The number of halogens is 2. The quantitative estimate of drug-likeness (QED) is 0.533. The molecule has 0 atom stereocenters. The maximum atomic E-state index is 14.2. The van der Waals surface area contributed by atoms with Crippen molar-refractivity contribution in [3.8, 4) is 5.75 Å². The maximum Gasteiger partial charge on any atom is 0.324 e. The minimum atomic E-state index is -0.687. The second kappa shape index (κ2) is 9.91. The van der Waals surface area contributed by atoms with E-state index in [1.165, 1.54) is 17.0 Å². The molecule has 3 aromatic rings. The molecule has 0 aliphatic carbocycles. The Morgan fingerprint density at radius 1 is 1.03 bits per heavy atom. The van der Waals surface area contributed by atoms with Gasteiger partial charge in [-0.05, 0) is 61.4 Å². The van der Waals surface area contributed by atoms with Gasteiger partial charge in [-0.1, -0.05) is 12.1 Å². The first-order valence-electron chi connectivity index (χ1n) is 10.9. The summed E-state index contributed by atoms with van der Waals surface area (Å²) in [5.41, 5.74) is 2.68. The van der Waals surface area contributed by atoms with Crippen molar-refractivity contribution < 1.29 is 23.1 Å². The fraction of sp³-hybridized carbons (Fsp3) is 0.231. The van der Waals surface area contributed by atoms with Gasteiger partial charge >= 0.3 is 6.03 Å². The number of carbonyl (C=O) groups excluding carboxylic acids is 2. The average molecular weight is 466 g/mol. The van der Waals surface area contributed by atoms with Crippen LogP contribution in [0.5, 0.6) is 5.75 Å². The lowest BCUT2D eigenvalue weighted by Crippen LogP contribution is -2.49. The van der Waals surface area contributed by atoms with E-state index in [2.05, 4.69) is 5.32 Å². The topological polar surface area (TPSA) is 61.9 Å². The number of benzene rings is 3. The summed E-state index contributed by atoms with van der Waals surface area (Å²) in [6, 6.07) is 15.2. The highest BCUT2D eigenvalue weighted by Crippen LogP contribution is 2.31. The lowest BCUT2D eigenvalue weighted by molar-refractivity contribution is 0.102. The number of urea groups is 1. The monoisotopic (exact) mass is 465 g/mol. The number of amides is 3. The normalized spacial score (nSPS) is 13.7. The van der Waals surface area contributed by atoms with Crippen molar-refractivity contribution in [3.63, 3.8) is 0 Å². The van der Waals surface area contributed by atoms with Crippen molar-refractivity contribution in [3.05, 3.63) is 89.0 Å². The molecule has 0 saturated carbocycles. The Morgan fingerprint density at radius 2 is 1.79 bits per heavy atom. The van der Waals surface area contributed by atoms with E-state index in [0.717, 1.165) is 11.6 Å². The lowest BCUT2D eigenvalue weighted by atomic mass is 10.1. The van der Waals surface area contributed by atoms with Gasteiger partial charge < -0.3 is 15.0 Å². The highest BCUT2D eigenvalue weighted by Gasteiger charge is 2.29. The van der Waals surface area contributed by atoms with Crippen LogP contribution in [0.25, 0.3) is 0 Å². The van der Waals surface area contributed by atoms with E-state index in [4.69, 9.17) is 4.74 Å². The summed E-state index contributed by atoms with van der Waals surface area (Å²) in [4.78, 5) is 29.3. The van der Waals surface area contributed by atoms with E-state index < -0.39 is 11.6 Å². The van der Waals surface area contributed by atoms with Crippen molar-refractivity contribution in [2.24, 2.45) is 0 Å². The van der Waals surface area contributed by atoms with Crippen LogP contribution in [0, 0.1) is 18.6 Å². The van der Waals surface area contributed by atoms with Gasteiger partial charge in [-0.15, -0.1) is 0 Å². The number of aryl methyl sites for hydroxylation is 1. The average Bonchev–Trinajstić information content (AvgIpc) is 2.82. The summed E-state index contributed by atoms with van der Waals surface area (Å²) in [7, 11) is 1.55. The van der Waals surface area contributed by atoms with Crippen molar-refractivity contribution in [2.45, 2.75) is 19.9 Å². The minimum Gasteiger partial charge on any atom is -0.497 e. The first kappa shape index (κ1) is 23.2. The van der Waals surface area contributed by atoms with Crippen LogP contribution in [0.4, 0.5) is 25.0 Å². The number of ether oxygens (including phenoxy) is 1. The van der Waals surface area contributed by atoms with Crippen LogP contribution in [0.15, 0.2) is 60.7 Å². The molecule has 0 unspecified atom stereocenters. The first-order chi connectivity index (χ1) is 16.4. The number of rotatable bonds is 6. The predicted octanol–water partition coefficient (Wildman–Crippen LogP) is 5.37. The van der Waals surface area contributed by atoms with Gasteiger partial charge in [0.05, 0.1) is 25.0 Å². The fourth-order valence-electron chi connectivity index (χ4n) is 3.93. The Hall–Kier alpha value is -3.94. The molecule has 0 aromatic heterocycles. The van der Waals surface area contributed by atoms with E-state index in [-0.39, 0.29) is 24.0 Å². The highest BCUT2D eigenvalue weighted by atomic mass is 19.1. The van der Waals surface area contributed by atoms with Gasteiger partial charge in [0.25, 0.3) is 5.91 Å². The first-order valence-corrected chi connectivity index (χ1v) is 10.9. The summed E-state index contributed by atoms with van der Waals surface area (Å²) in [6.07, 6.45) is 0.661. The SMILES string of the molecule is COc1ccc(C(=O)Nc2cc(C)ccc2N2CCCN(Cc3ccc(F)cc3F)C2=O)cc1. The molecule has 6 nitrogen and oxygen atoms in total. The Balaban J connectivity index is 1.57. The zero-order chi connectivity index (χ0) is 24.2. The fourth-order valence-corrected chi connectivity index (χ4v) is 3.93. The van der Waals surface area contributed by atoms with Gasteiger partial charge in [0.2, 0.25) is 0 Å². The molecular weight excluding hydrogens is 440 g/mol. The molecule has 0 radical (unpaired) electrons. The van der Waals surface area contributed by atoms with Crippen LogP contribution >= 0.6 is 0 Å². The Bertz CT molecular complexity index is 1210. The molecule has 3 aromatic carbocycles. The summed E-state index contributed by atoms with van der Waals surface area (Å²) in [5, 5.41) is 2.91. The van der Waals surface area contributed by atoms with E-state index in [0.29, 0.717) is 42.2 Å². The van der Waals surface area contributed by atoms with Crippen molar-refractivity contribution >= 4 is 23.3 Å². The third-order valence-corrected chi connectivity index (χ3v) is 5.73.